The van der Waals surface area contributed by atoms with Gasteiger partial charge in [0.15, 0.2) is 5.11 Å². The number of hydrogen-bond acceptors (Lipinski definition) is 1. The van der Waals surface area contributed by atoms with Crippen LogP contribution < -0.4 is 10.6 Å². The lowest BCUT2D eigenvalue weighted by Crippen LogP contribution is -2.46. The standard InChI is InChI=1S/C14H22N2S/c1-4-5-11-15-13(17)16-14(2,3)12-9-7-6-8-10-12/h6-10H,4-5,11H2,1-3H3,(H2,15,16,17). The van der Waals surface area contributed by atoms with Crippen molar-refractivity contribution in [3.05, 3.63) is 35.9 Å². The largest absolute Gasteiger partial charge is 0.363 e. The van der Waals surface area contributed by atoms with Gasteiger partial charge in [-0.2, -0.15) is 0 Å². The van der Waals surface area contributed by atoms with Gasteiger partial charge in [0, 0.05) is 6.54 Å². The molecule has 0 unspecified atom stereocenters. The van der Waals surface area contributed by atoms with Gasteiger partial charge in [-0.3, -0.25) is 0 Å². The molecule has 0 saturated heterocycles. The molecule has 94 valence electrons. The van der Waals surface area contributed by atoms with Gasteiger partial charge in [-0.15, -0.1) is 0 Å². The van der Waals surface area contributed by atoms with Gasteiger partial charge < -0.3 is 10.6 Å². The van der Waals surface area contributed by atoms with Crippen molar-refractivity contribution in [1.82, 2.24) is 10.6 Å². The molecule has 17 heavy (non-hydrogen) atoms. The second-order valence-electron chi connectivity index (χ2n) is 4.73. The molecular formula is C14H22N2S. The molecule has 0 atom stereocenters. The molecule has 1 aromatic rings. The first-order valence-electron chi connectivity index (χ1n) is 6.18. The normalized spacial score (nSPS) is 11.0. The topological polar surface area (TPSA) is 24.1 Å². The van der Waals surface area contributed by atoms with E-state index in [4.69, 9.17) is 12.2 Å². The fraction of sp³-hybridized carbons (Fsp3) is 0.500. The van der Waals surface area contributed by atoms with Crippen molar-refractivity contribution in [3.8, 4) is 0 Å². The molecule has 0 bridgehead atoms. The van der Waals surface area contributed by atoms with Crippen LogP contribution >= 0.6 is 12.2 Å². The lowest BCUT2D eigenvalue weighted by Gasteiger charge is -2.28. The highest BCUT2D eigenvalue weighted by Gasteiger charge is 2.20. The number of hydrogen-bond donors (Lipinski definition) is 2. The first-order valence-corrected chi connectivity index (χ1v) is 6.58. The Kier molecular flexibility index (Phi) is 5.42. The Hall–Kier alpha value is -1.09. The molecule has 0 saturated carbocycles. The highest BCUT2D eigenvalue weighted by Crippen LogP contribution is 2.18. The second-order valence-corrected chi connectivity index (χ2v) is 5.13. The van der Waals surface area contributed by atoms with Crippen molar-refractivity contribution in [2.45, 2.75) is 39.2 Å². The minimum atomic E-state index is -0.141. The summed E-state index contributed by atoms with van der Waals surface area (Å²) in [6, 6.07) is 10.3. The minimum Gasteiger partial charge on any atom is -0.363 e. The number of benzene rings is 1. The fourth-order valence-corrected chi connectivity index (χ4v) is 1.99. The third-order valence-electron chi connectivity index (χ3n) is 2.74. The molecule has 1 rings (SSSR count). The summed E-state index contributed by atoms with van der Waals surface area (Å²) in [4.78, 5) is 0. The number of unbranched alkanes of at least 4 members (excludes halogenated alkanes) is 1. The van der Waals surface area contributed by atoms with Crippen LogP contribution in [0, 0.1) is 0 Å². The van der Waals surface area contributed by atoms with E-state index in [1.165, 1.54) is 12.0 Å². The van der Waals surface area contributed by atoms with Crippen molar-refractivity contribution in [2.24, 2.45) is 0 Å². The average Bonchev–Trinajstić information content (AvgIpc) is 2.30. The molecule has 2 nitrogen and oxygen atoms in total. The van der Waals surface area contributed by atoms with E-state index in [0.717, 1.165) is 18.1 Å². The van der Waals surface area contributed by atoms with Gasteiger partial charge in [-0.25, -0.2) is 0 Å². The zero-order valence-electron chi connectivity index (χ0n) is 10.9. The van der Waals surface area contributed by atoms with Crippen molar-refractivity contribution in [2.75, 3.05) is 6.54 Å². The minimum absolute atomic E-state index is 0.141. The maximum atomic E-state index is 5.29. The molecule has 1 aromatic carbocycles. The molecular weight excluding hydrogens is 228 g/mol. The molecule has 0 radical (unpaired) electrons. The van der Waals surface area contributed by atoms with Gasteiger partial charge in [-0.1, -0.05) is 43.7 Å². The van der Waals surface area contributed by atoms with Crippen LogP contribution in [0.1, 0.15) is 39.2 Å². The lowest BCUT2D eigenvalue weighted by atomic mass is 9.95. The van der Waals surface area contributed by atoms with Crippen molar-refractivity contribution >= 4 is 17.3 Å². The van der Waals surface area contributed by atoms with Crippen LogP contribution in [-0.4, -0.2) is 11.7 Å². The summed E-state index contributed by atoms with van der Waals surface area (Å²) < 4.78 is 0. The first kappa shape index (κ1) is 14.0. The third kappa shape index (κ3) is 4.73. The molecule has 0 fully saturated rings. The Morgan fingerprint density at radius 2 is 1.88 bits per heavy atom. The average molecular weight is 250 g/mol. The van der Waals surface area contributed by atoms with Gasteiger partial charge in [-0.05, 0) is 38.0 Å². The summed E-state index contributed by atoms with van der Waals surface area (Å²) in [5.41, 5.74) is 1.09. The summed E-state index contributed by atoms with van der Waals surface area (Å²) in [6.07, 6.45) is 2.32. The molecule has 0 heterocycles. The number of rotatable bonds is 5. The van der Waals surface area contributed by atoms with Crippen LogP contribution in [0.25, 0.3) is 0 Å². The Bertz CT molecular complexity index is 346. The lowest BCUT2D eigenvalue weighted by molar-refractivity contribution is 0.481. The summed E-state index contributed by atoms with van der Waals surface area (Å²) in [7, 11) is 0. The maximum absolute atomic E-state index is 5.29. The van der Waals surface area contributed by atoms with Crippen LogP contribution in [0.15, 0.2) is 30.3 Å². The van der Waals surface area contributed by atoms with Gasteiger partial charge in [0.25, 0.3) is 0 Å². The Balaban J connectivity index is 2.52. The zero-order valence-corrected chi connectivity index (χ0v) is 11.7. The molecule has 0 aliphatic heterocycles. The molecule has 0 aliphatic rings. The number of nitrogens with one attached hydrogen (secondary N) is 2. The van der Waals surface area contributed by atoms with Crippen LogP contribution in [0.3, 0.4) is 0 Å². The Morgan fingerprint density at radius 3 is 2.47 bits per heavy atom. The predicted molar refractivity (Wildman–Crippen MR) is 78.1 cm³/mol. The quantitative estimate of drug-likeness (QED) is 0.620. The first-order chi connectivity index (χ1) is 8.06. The van der Waals surface area contributed by atoms with Crippen molar-refractivity contribution < 1.29 is 0 Å². The Labute approximate surface area is 110 Å². The highest BCUT2D eigenvalue weighted by molar-refractivity contribution is 7.80. The smallest absolute Gasteiger partial charge is 0.166 e. The molecule has 2 N–H and O–H groups in total. The van der Waals surface area contributed by atoms with E-state index >= 15 is 0 Å². The van der Waals surface area contributed by atoms with Crippen molar-refractivity contribution in [1.29, 1.82) is 0 Å². The summed E-state index contributed by atoms with van der Waals surface area (Å²) in [5, 5.41) is 7.31. The zero-order chi connectivity index (χ0) is 12.7. The number of thiocarbonyl (C=S) groups is 1. The maximum Gasteiger partial charge on any atom is 0.166 e. The van der Waals surface area contributed by atoms with E-state index in [-0.39, 0.29) is 5.54 Å². The van der Waals surface area contributed by atoms with Gasteiger partial charge in [0.05, 0.1) is 5.54 Å². The predicted octanol–water partition coefficient (Wildman–Crippen LogP) is 3.19. The SMILES string of the molecule is CCCCNC(=S)NC(C)(C)c1ccccc1. The van der Waals surface area contributed by atoms with Gasteiger partial charge in [0.2, 0.25) is 0 Å². The Morgan fingerprint density at radius 1 is 1.24 bits per heavy atom. The van der Waals surface area contributed by atoms with Crippen LogP contribution in [0.4, 0.5) is 0 Å². The van der Waals surface area contributed by atoms with Gasteiger partial charge in [0.1, 0.15) is 0 Å². The third-order valence-corrected chi connectivity index (χ3v) is 2.98. The van der Waals surface area contributed by atoms with E-state index < -0.39 is 0 Å². The summed E-state index contributed by atoms with van der Waals surface area (Å²) in [5.74, 6) is 0. The fourth-order valence-electron chi connectivity index (χ4n) is 1.63. The van der Waals surface area contributed by atoms with Gasteiger partial charge >= 0.3 is 0 Å². The summed E-state index contributed by atoms with van der Waals surface area (Å²) in [6.45, 7) is 7.38. The van der Waals surface area contributed by atoms with Crippen LogP contribution in [-0.2, 0) is 5.54 Å². The van der Waals surface area contributed by atoms with E-state index in [9.17, 15) is 0 Å². The summed E-state index contributed by atoms with van der Waals surface area (Å²) >= 11 is 5.29. The second kappa shape index (κ2) is 6.60. The molecule has 3 heteroatoms. The van der Waals surface area contributed by atoms with Crippen LogP contribution in [0.5, 0.6) is 0 Å². The van der Waals surface area contributed by atoms with Crippen molar-refractivity contribution in [3.63, 3.8) is 0 Å². The van der Waals surface area contributed by atoms with E-state index in [2.05, 4.69) is 43.5 Å². The van der Waals surface area contributed by atoms with E-state index in [0.29, 0.717) is 0 Å². The molecule has 0 aliphatic carbocycles. The van der Waals surface area contributed by atoms with E-state index in [1.807, 2.05) is 18.2 Å². The monoisotopic (exact) mass is 250 g/mol. The highest BCUT2D eigenvalue weighted by atomic mass is 32.1. The molecule has 0 amide bonds. The van der Waals surface area contributed by atoms with E-state index in [1.54, 1.807) is 0 Å². The molecule has 0 spiro atoms. The van der Waals surface area contributed by atoms with Crippen LogP contribution in [0.2, 0.25) is 0 Å². The molecule has 0 aromatic heterocycles.